The standard InChI is InChI=1S/C9H8BrFO3/c10-8-6(12)2-1-5(11)7(8)9-13-3-4-14-9/h1-2,9,12H,3-4H2. The number of rotatable bonds is 1. The third kappa shape index (κ3) is 1.63. The Labute approximate surface area is 88.6 Å². The van der Waals surface area contributed by atoms with Gasteiger partial charge in [-0.25, -0.2) is 4.39 Å². The molecule has 1 saturated heterocycles. The highest BCUT2D eigenvalue weighted by Gasteiger charge is 2.25. The van der Waals surface area contributed by atoms with Crippen LogP contribution in [0.3, 0.4) is 0 Å². The lowest BCUT2D eigenvalue weighted by Gasteiger charge is -2.13. The molecule has 1 aromatic carbocycles. The Hall–Kier alpha value is -0.650. The van der Waals surface area contributed by atoms with Crippen LogP contribution in [0.1, 0.15) is 11.9 Å². The van der Waals surface area contributed by atoms with Crippen LogP contribution in [0.2, 0.25) is 0 Å². The Balaban J connectivity index is 2.44. The van der Waals surface area contributed by atoms with Crippen LogP contribution in [0.5, 0.6) is 5.75 Å². The van der Waals surface area contributed by atoms with Crippen molar-refractivity contribution in [3.63, 3.8) is 0 Å². The summed E-state index contributed by atoms with van der Waals surface area (Å²) in [5.41, 5.74) is 0.211. The van der Waals surface area contributed by atoms with Crippen LogP contribution in [-0.2, 0) is 9.47 Å². The average Bonchev–Trinajstić information content (AvgIpc) is 2.65. The van der Waals surface area contributed by atoms with E-state index < -0.39 is 12.1 Å². The van der Waals surface area contributed by atoms with Gasteiger partial charge in [0.1, 0.15) is 11.6 Å². The predicted octanol–water partition coefficient (Wildman–Crippen LogP) is 2.34. The van der Waals surface area contributed by atoms with Crippen molar-refractivity contribution in [3.05, 3.63) is 28.0 Å². The maximum absolute atomic E-state index is 13.4. The van der Waals surface area contributed by atoms with Crippen LogP contribution in [0.25, 0.3) is 0 Å². The van der Waals surface area contributed by atoms with Gasteiger partial charge in [0.2, 0.25) is 0 Å². The zero-order valence-corrected chi connectivity index (χ0v) is 8.75. The molecule has 3 nitrogen and oxygen atoms in total. The maximum atomic E-state index is 13.4. The molecule has 1 N–H and O–H groups in total. The number of aromatic hydroxyl groups is 1. The second kappa shape index (κ2) is 3.84. The van der Waals surface area contributed by atoms with E-state index in [1.165, 1.54) is 12.1 Å². The van der Waals surface area contributed by atoms with Gasteiger partial charge in [0.05, 0.1) is 23.2 Å². The molecule has 0 aromatic heterocycles. The van der Waals surface area contributed by atoms with Crippen molar-refractivity contribution in [1.82, 2.24) is 0 Å². The van der Waals surface area contributed by atoms with E-state index in [9.17, 15) is 9.50 Å². The summed E-state index contributed by atoms with van der Waals surface area (Å²) >= 11 is 3.09. The fraction of sp³-hybridized carbons (Fsp3) is 0.333. The minimum Gasteiger partial charge on any atom is -0.507 e. The lowest BCUT2D eigenvalue weighted by molar-refractivity contribution is -0.0471. The van der Waals surface area contributed by atoms with Crippen molar-refractivity contribution in [2.24, 2.45) is 0 Å². The number of halogens is 2. The summed E-state index contributed by atoms with van der Waals surface area (Å²) in [6.07, 6.45) is -0.725. The molecule has 1 heterocycles. The van der Waals surface area contributed by atoms with E-state index in [4.69, 9.17) is 9.47 Å². The van der Waals surface area contributed by atoms with Crippen molar-refractivity contribution in [1.29, 1.82) is 0 Å². The first-order valence-corrected chi connectivity index (χ1v) is 4.89. The number of hydrogen-bond donors (Lipinski definition) is 1. The minimum atomic E-state index is -0.725. The molecule has 2 rings (SSSR count). The largest absolute Gasteiger partial charge is 0.507 e. The van der Waals surface area contributed by atoms with Crippen molar-refractivity contribution in [2.45, 2.75) is 6.29 Å². The third-order valence-electron chi connectivity index (χ3n) is 1.96. The van der Waals surface area contributed by atoms with Gasteiger partial charge >= 0.3 is 0 Å². The summed E-state index contributed by atoms with van der Waals surface area (Å²) in [5, 5.41) is 9.36. The molecule has 5 heteroatoms. The summed E-state index contributed by atoms with van der Waals surface area (Å²) in [7, 11) is 0. The third-order valence-corrected chi connectivity index (χ3v) is 2.80. The quantitative estimate of drug-likeness (QED) is 0.845. The van der Waals surface area contributed by atoms with Gasteiger partial charge in [-0.05, 0) is 28.1 Å². The molecule has 0 bridgehead atoms. The zero-order chi connectivity index (χ0) is 10.1. The Morgan fingerprint density at radius 3 is 2.64 bits per heavy atom. The number of phenolic OH excluding ortho intramolecular Hbond substituents is 1. The number of ether oxygens (including phenoxy) is 2. The normalized spacial score (nSPS) is 17.6. The molecular formula is C9H8BrFO3. The van der Waals surface area contributed by atoms with Crippen LogP contribution >= 0.6 is 15.9 Å². The molecule has 0 unspecified atom stereocenters. The first kappa shape index (κ1) is 9.89. The van der Waals surface area contributed by atoms with E-state index in [2.05, 4.69) is 15.9 Å². The summed E-state index contributed by atoms with van der Waals surface area (Å²) in [6, 6.07) is 2.46. The molecule has 0 atom stereocenters. The second-order valence-electron chi connectivity index (χ2n) is 2.87. The highest BCUT2D eigenvalue weighted by molar-refractivity contribution is 9.10. The predicted molar refractivity (Wildman–Crippen MR) is 50.4 cm³/mol. The molecule has 76 valence electrons. The van der Waals surface area contributed by atoms with Gasteiger partial charge in [-0.3, -0.25) is 0 Å². The molecular weight excluding hydrogens is 255 g/mol. The molecule has 1 aliphatic rings. The number of hydrogen-bond acceptors (Lipinski definition) is 3. The first-order chi connectivity index (χ1) is 6.70. The SMILES string of the molecule is Oc1ccc(F)c(C2OCCO2)c1Br. The molecule has 1 fully saturated rings. The summed E-state index contributed by atoms with van der Waals surface area (Å²) in [5.74, 6) is -0.484. The smallest absolute Gasteiger partial charge is 0.188 e. The summed E-state index contributed by atoms with van der Waals surface area (Å²) < 4.78 is 24.0. The molecule has 0 spiro atoms. The van der Waals surface area contributed by atoms with Gasteiger partial charge in [-0.1, -0.05) is 0 Å². The van der Waals surface area contributed by atoms with E-state index in [0.29, 0.717) is 13.2 Å². The lowest BCUT2D eigenvalue weighted by atomic mass is 10.2. The Morgan fingerprint density at radius 2 is 2.00 bits per heavy atom. The van der Waals surface area contributed by atoms with Gasteiger partial charge in [-0.2, -0.15) is 0 Å². The Bertz CT molecular complexity index is 350. The van der Waals surface area contributed by atoms with Crippen molar-refractivity contribution in [2.75, 3.05) is 13.2 Å². The highest BCUT2D eigenvalue weighted by atomic mass is 79.9. The van der Waals surface area contributed by atoms with Gasteiger partial charge in [0.15, 0.2) is 6.29 Å². The van der Waals surface area contributed by atoms with Crippen molar-refractivity contribution < 1.29 is 19.0 Å². The summed E-state index contributed by atoms with van der Waals surface area (Å²) in [4.78, 5) is 0. The second-order valence-corrected chi connectivity index (χ2v) is 3.66. The van der Waals surface area contributed by atoms with E-state index in [1.54, 1.807) is 0 Å². The molecule has 0 radical (unpaired) electrons. The van der Waals surface area contributed by atoms with Gasteiger partial charge in [0, 0.05) is 0 Å². The van der Waals surface area contributed by atoms with Crippen LogP contribution in [0.15, 0.2) is 16.6 Å². The summed E-state index contributed by atoms with van der Waals surface area (Å²) in [6.45, 7) is 0.873. The van der Waals surface area contributed by atoms with Crippen LogP contribution in [0.4, 0.5) is 4.39 Å². The van der Waals surface area contributed by atoms with Gasteiger partial charge in [-0.15, -0.1) is 0 Å². The molecule has 0 saturated carbocycles. The van der Waals surface area contributed by atoms with E-state index in [0.717, 1.165) is 0 Å². The first-order valence-electron chi connectivity index (χ1n) is 4.10. The van der Waals surface area contributed by atoms with Crippen molar-refractivity contribution in [3.8, 4) is 5.75 Å². The van der Waals surface area contributed by atoms with Crippen molar-refractivity contribution >= 4 is 15.9 Å². The Morgan fingerprint density at radius 1 is 1.36 bits per heavy atom. The Kier molecular flexibility index (Phi) is 2.71. The maximum Gasteiger partial charge on any atom is 0.188 e. The molecule has 1 aliphatic heterocycles. The van der Waals surface area contributed by atoms with Gasteiger partial charge in [0.25, 0.3) is 0 Å². The fourth-order valence-electron chi connectivity index (χ4n) is 1.30. The molecule has 0 amide bonds. The average molecular weight is 263 g/mol. The molecule has 14 heavy (non-hydrogen) atoms. The van der Waals surface area contributed by atoms with E-state index in [1.807, 2.05) is 0 Å². The number of phenols is 1. The topological polar surface area (TPSA) is 38.7 Å². The van der Waals surface area contributed by atoms with Crippen LogP contribution in [-0.4, -0.2) is 18.3 Å². The molecule has 1 aromatic rings. The lowest BCUT2D eigenvalue weighted by Crippen LogP contribution is -2.02. The number of benzene rings is 1. The van der Waals surface area contributed by atoms with E-state index in [-0.39, 0.29) is 15.8 Å². The zero-order valence-electron chi connectivity index (χ0n) is 7.17. The van der Waals surface area contributed by atoms with Gasteiger partial charge < -0.3 is 14.6 Å². The van der Waals surface area contributed by atoms with E-state index >= 15 is 0 Å². The monoisotopic (exact) mass is 262 g/mol. The van der Waals surface area contributed by atoms with Crippen LogP contribution in [0, 0.1) is 5.82 Å². The van der Waals surface area contributed by atoms with Crippen LogP contribution < -0.4 is 0 Å². The minimum absolute atomic E-state index is 0.0273. The fourth-order valence-corrected chi connectivity index (χ4v) is 1.81. The highest BCUT2D eigenvalue weighted by Crippen LogP contribution is 2.36. The molecule has 0 aliphatic carbocycles.